The fourth-order valence-corrected chi connectivity index (χ4v) is 4.84. The van der Waals surface area contributed by atoms with E-state index in [2.05, 4.69) is 75.4 Å². The van der Waals surface area contributed by atoms with Crippen LogP contribution in [0, 0.1) is 0 Å². The van der Waals surface area contributed by atoms with Gasteiger partial charge in [0.1, 0.15) is 17.2 Å². The van der Waals surface area contributed by atoms with Crippen LogP contribution < -0.4 is 14.2 Å². The third-order valence-corrected chi connectivity index (χ3v) is 6.89. The van der Waals surface area contributed by atoms with E-state index in [0.717, 1.165) is 56.3 Å². The summed E-state index contributed by atoms with van der Waals surface area (Å²) >= 11 is 0. The Morgan fingerprint density at radius 3 is 0.972 bits per heavy atom. The molecular weight excluding hydrogens is 444 g/mol. The summed E-state index contributed by atoms with van der Waals surface area (Å²) in [5.74, 6) is 2.81. The van der Waals surface area contributed by atoms with E-state index in [4.69, 9.17) is 14.2 Å². The van der Waals surface area contributed by atoms with Crippen molar-refractivity contribution in [2.75, 3.05) is 19.8 Å². The number of unbranched alkanes of at least 4 members (excludes halogenated alkanes) is 6. The zero-order valence-corrected chi connectivity index (χ0v) is 22.4. The molecule has 0 atom stereocenters. The summed E-state index contributed by atoms with van der Waals surface area (Å²) in [4.78, 5) is 0. The van der Waals surface area contributed by atoms with Crippen LogP contribution in [0.15, 0.2) is 54.6 Å². The molecule has 0 bridgehead atoms. The number of hydrogen-bond acceptors (Lipinski definition) is 3. The van der Waals surface area contributed by atoms with Crippen molar-refractivity contribution in [3.63, 3.8) is 0 Å². The van der Waals surface area contributed by atoms with Crippen LogP contribution >= 0.6 is 0 Å². The highest BCUT2D eigenvalue weighted by atomic mass is 16.5. The van der Waals surface area contributed by atoms with Crippen molar-refractivity contribution in [3.8, 4) is 17.2 Å². The molecule has 0 unspecified atom stereocenters. The second-order valence-corrected chi connectivity index (χ2v) is 9.79. The van der Waals surface area contributed by atoms with Crippen LogP contribution in [0.1, 0.15) is 78.6 Å². The van der Waals surface area contributed by atoms with Crippen LogP contribution in [0.25, 0.3) is 32.3 Å². The summed E-state index contributed by atoms with van der Waals surface area (Å²) in [6.07, 6.45) is 10.4. The molecule has 0 heterocycles. The van der Waals surface area contributed by atoms with Gasteiger partial charge in [0.15, 0.2) is 0 Å². The fraction of sp³-hybridized carbons (Fsp3) is 0.455. The van der Waals surface area contributed by atoms with E-state index in [1.165, 1.54) is 70.8 Å². The SMILES string of the molecule is CCCCCOc1ccc2c(c1)c1ccc(OCCCCC)cc1c1ccc(OCCCCC)cc21. The van der Waals surface area contributed by atoms with Crippen molar-refractivity contribution in [2.45, 2.75) is 78.6 Å². The quantitative estimate of drug-likeness (QED) is 0.124. The van der Waals surface area contributed by atoms with Crippen LogP contribution in [0.4, 0.5) is 0 Å². The zero-order valence-electron chi connectivity index (χ0n) is 22.4. The Morgan fingerprint density at radius 2 is 0.694 bits per heavy atom. The van der Waals surface area contributed by atoms with Crippen molar-refractivity contribution in [1.82, 2.24) is 0 Å². The molecule has 0 aromatic heterocycles. The molecule has 0 amide bonds. The minimum Gasteiger partial charge on any atom is -0.494 e. The van der Waals surface area contributed by atoms with Gasteiger partial charge in [-0.15, -0.1) is 0 Å². The monoisotopic (exact) mass is 486 g/mol. The Balaban J connectivity index is 1.75. The first-order chi connectivity index (χ1) is 17.7. The van der Waals surface area contributed by atoms with E-state index in [9.17, 15) is 0 Å². The molecule has 0 N–H and O–H groups in total. The summed E-state index contributed by atoms with van der Waals surface area (Å²) in [6.45, 7) is 8.94. The molecule has 36 heavy (non-hydrogen) atoms. The molecule has 0 aliphatic carbocycles. The van der Waals surface area contributed by atoms with Crippen molar-refractivity contribution in [2.24, 2.45) is 0 Å². The molecule has 3 nitrogen and oxygen atoms in total. The van der Waals surface area contributed by atoms with E-state index < -0.39 is 0 Å². The van der Waals surface area contributed by atoms with E-state index >= 15 is 0 Å². The third-order valence-electron chi connectivity index (χ3n) is 6.89. The third kappa shape index (κ3) is 6.43. The second kappa shape index (κ2) is 13.4. The molecule has 0 fully saturated rings. The topological polar surface area (TPSA) is 27.7 Å². The lowest BCUT2D eigenvalue weighted by molar-refractivity contribution is 0.306. The predicted octanol–water partition coefficient (Wildman–Crippen LogP) is 9.85. The van der Waals surface area contributed by atoms with Gasteiger partial charge in [0.2, 0.25) is 0 Å². The van der Waals surface area contributed by atoms with Crippen molar-refractivity contribution < 1.29 is 14.2 Å². The molecule has 4 rings (SSSR count). The zero-order chi connectivity index (χ0) is 25.2. The number of benzene rings is 4. The molecule has 4 aromatic carbocycles. The Kier molecular flexibility index (Phi) is 9.72. The first kappa shape index (κ1) is 26.1. The Bertz CT molecular complexity index is 1070. The van der Waals surface area contributed by atoms with Gasteiger partial charge in [0, 0.05) is 0 Å². The summed E-state index contributed by atoms with van der Waals surface area (Å²) in [6, 6.07) is 19.6. The van der Waals surface area contributed by atoms with Gasteiger partial charge < -0.3 is 14.2 Å². The molecule has 3 heteroatoms. The molecule has 0 saturated carbocycles. The van der Waals surface area contributed by atoms with Crippen LogP contribution in [0.3, 0.4) is 0 Å². The minimum atomic E-state index is 0.760. The van der Waals surface area contributed by atoms with Gasteiger partial charge in [-0.25, -0.2) is 0 Å². The highest BCUT2D eigenvalue weighted by Gasteiger charge is 2.12. The average molecular weight is 487 g/mol. The second-order valence-electron chi connectivity index (χ2n) is 9.79. The van der Waals surface area contributed by atoms with Crippen molar-refractivity contribution in [1.29, 1.82) is 0 Å². The van der Waals surface area contributed by atoms with E-state index in [1.54, 1.807) is 0 Å². The largest absolute Gasteiger partial charge is 0.494 e. The standard InChI is InChI=1S/C33H42O3/c1-4-7-10-19-34-25-13-16-28-31(22-25)29-17-14-26(35-20-11-8-5-2)24-33(29)30-18-15-27(23-32(28)30)36-21-12-9-6-3/h13-18,22-24H,4-12,19-21H2,1-3H3. The van der Waals surface area contributed by atoms with Gasteiger partial charge in [0.05, 0.1) is 19.8 Å². The van der Waals surface area contributed by atoms with E-state index in [0.29, 0.717) is 0 Å². The van der Waals surface area contributed by atoms with Crippen LogP contribution in [0.2, 0.25) is 0 Å². The first-order valence-electron chi connectivity index (χ1n) is 14.1. The van der Waals surface area contributed by atoms with Crippen molar-refractivity contribution in [3.05, 3.63) is 54.6 Å². The number of rotatable bonds is 15. The van der Waals surface area contributed by atoms with Crippen LogP contribution in [-0.2, 0) is 0 Å². The van der Waals surface area contributed by atoms with Gasteiger partial charge in [0.25, 0.3) is 0 Å². The van der Waals surface area contributed by atoms with Crippen LogP contribution in [-0.4, -0.2) is 19.8 Å². The fourth-order valence-electron chi connectivity index (χ4n) is 4.84. The Labute approximate surface area is 216 Å². The normalized spacial score (nSPS) is 11.4. The van der Waals surface area contributed by atoms with E-state index in [-0.39, 0.29) is 0 Å². The Hall–Kier alpha value is -2.94. The van der Waals surface area contributed by atoms with Crippen LogP contribution in [0.5, 0.6) is 17.2 Å². The van der Waals surface area contributed by atoms with Gasteiger partial charge >= 0.3 is 0 Å². The van der Waals surface area contributed by atoms with Gasteiger partial charge in [-0.05, 0) is 88.0 Å². The molecule has 4 aromatic rings. The highest BCUT2D eigenvalue weighted by molar-refractivity contribution is 6.25. The number of hydrogen-bond donors (Lipinski definition) is 0. The first-order valence-corrected chi connectivity index (χ1v) is 14.1. The molecule has 0 aliphatic heterocycles. The average Bonchev–Trinajstić information content (AvgIpc) is 2.91. The molecule has 0 radical (unpaired) electrons. The predicted molar refractivity (Wildman–Crippen MR) is 154 cm³/mol. The molecular formula is C33H42O3. The maximum Gasteiger partial charge on any atom is 0.119 e. The summed E-state index contributed by atoms with van der Waals surface area (Å²) < 4.78 is 18.4. The molecule has 0 saturated heterocycles. The van der Waals surface area contributed by atoms with E-state index in [1.807, 2.05) is 0 Å². The molecule has 0 aliphatic rings. The minimum absolute atomic E-state index is 0.760. The lowest BCUT2D eigenvalue weighted by atomic mass is 9.94. The Morgan fingerprint density at radius 1 is 0.389 bits per heavy atom. The van der Waals surface area contributed by atoms with Gasteiger partial charge in [-0.1, -0.05) is 77.5 Å². The number of ether oxygens (including phenoxy) is 3. The highest BCUT2D eigenvalue weighted by Crippen LogP contribution is 2.39. The van der Waals surface area contributed by atoms with Crippen molar-refractivity contribution >= 4 is 32.3 Å². The summed E-state index contributed by atoms with van der Waals surface area (Å²) in [7, 11) is 0. The maximum atomic E-state index is 6.13. The van der Waals surface area contributed by atoms with Gasteiger partial charge in [-0.2, -0.15) is 0 Å². The maximum absolute atomic E-state index is 6.13. The lowest BCUT2D eigenvalue weighted by Crippen LogP contribution is -1.98. The molecule has 0 spiro atoms. The smallest absolute Gasteiger partial charge is 0.119 e. The summed E-state index contributed by atoms with van der Waals surface area (Å²) in [5, 5.41) is 7.33. The molecule has 192 valence electrons. The lowest BCUT2D eigenvalue weighted by Gasteiger charge is -2.15. The number of fused-ring (bicyclic) bond motifs is 6. The van der Waals surface area contributed by atoms with Gasteiger partial charge in [-0.3, -0.25) is 0 Å². The summed E-state index contributed by atoms with van der Waals surface area (Å²) in [5.41, 5.74) is 0.